The smallest absolute Gasteiger partial charge is 0.268 e. The van der Waals surface area contributed by atoms with Crippen molar-refractivity contribution in [2.75, 3.05) is 0 Å². The third-order valence-corrected chi connectivity index (χ3v) is 5.00. The molecule has 144 valence electrons. The van der Waals surface area contributed by atoms with E-state index in [0.29, 0.717) is 11.8 Å². The molecule has 4 nitrogen and oxygen atoms in total. The molecule has 0 aliphatic carbocycles. The van der Waals surface area contributed by atoms with Crippen molar-refractivity contribution in [1.29, 1.82) is 0 Å². The van der Waals surface area contributed by atoms with Crippen LogP contribution in [0.1, 0.15) is 94.6 Å². The minimum Gasteiger partial charge on any atom is -0.507 e. The number of aromatic hydroxyl groups is 1. The highest BCUT2D eigenvalue weighted by molar-refractivity contribution is 5.97. The number of halogens is 1. The summed E-state index contributed by atoms with van der Waals surface area (Å²) in [7, 11) is 0. The minimum absolute atomic E-state index is 0. The number of nitrogens with one attached hydrogen (secondary N) is 1. The van der Waals surface area contributed by atoms with Crippen molar-refractivity contribution in [1.82, 2.24) is 5.43 Å². The average Bonchev–Trinajstić information content (AvgIpc) is 2.52. The Kier molecular flexibility index (Phi) is 9.52. The van der Waals surface area contributed by atoms with Gasteiger partial charge in [0.25, 0.3) is 5.91 Å². The second-order valence-electron chi connectivity index (χ2n) is 7.92. The van der Waals surface area contributed by atoms with Crippen LogP contribution >= 0.6 is 12.4 Å². The van der Waals surface area contributed by atoms with Crippen LogP contribution < -0.4 is 11.3 Å². The number of nitrogens with two attached hydrogens (primary N) is 1. The zero-order chi connectivity index (χ0) is 18.5. The Bertz CT molecular complexity index is 571. The van der Waals surface area contributed by atoms with Crippen LogP contribution in [0.2, 0.25) is 0 Å². The molecule has 0 saturated carbocycles. The topological polar surface area (TPSA) is 75.4 Å². The van der Waals surface area contributed by atoms with Crippen molar-refractivity contribution in [2.45, 2.75) is 78.6 Å². The van der Waals surface area contributed by atoms with Gasteiger partial charge < -0.3 is 5.11 Å². The van der Waals surface area contributed by atoms with E-state index in [1.54, 1.807) is 6.07 Å². The van der Waals surface area contributed by atoms with Gasteiger partial charge in [0.05, 0.1) is 5.56 Å². The molecule has 4 N–H and O–H groups in total. The molecule has 0 aliphatic rings. The molecule has 0 heterocycles. The van der Waals surface area contributed by atoms with Gasteiger partial charge in [-0.2, -0.15) is 0 Å². The second-order valence-corrected chi connectivity index (χ2v) is 7.92. The molecule has 1 aromatic rings. The lowest BCUT2D eigenvalue weighted by molar-refractivity contribution is 0.0950. The van der Waals surface area contributed by atoms with E-state index in [-0.39, 0.29) is 29.1 Å². The molecule has 0 spiro atoms. The molecule has 0 saturated heterocycles. The van der Waals surface area contributed by atoms with Gasteiger partial charge in [-0.25, -0.2) is 5.84 Å². The Hall–Kier alpha value is -1.26. The molecular formula is C20H35ClN2O2. The Labute approximate surface area is 159 Å². The summed E-state index contributed by atoms with van der Waals surface area (Å²) in [6.45, 7) is 13.0. The third-order valence-electron chi connectivity index (χ3n) is 5.00. The zero-order valence-corrected chi connectivity index (χ0v) is 17.3. The van der Waals surface area contributed by atoms with Crippen molar-refractivity contribution in [3.63, 3.8) is 0 Å². The number of hydrogen-bond donors (Lipinski definition) is 3. The number of phenolic OH excluding ortho intramolecular Hbond substituents is 1. The number of carbonyl (C=O) groups is 1. The first-order chi connectivity index (χ1) is 11.1. The molecule has 0 aromatic heterocycles. The van der Waals surface area contributed by atoms with Crippen LogP contribution in [0.5, 0.6) is 5.75 Å². The average molecular weight is 371 g/mol. The second kappa shape index (κ2) is 10.0. The number of nitrogen functional groups attached to an aromatic ring is 1. The highest BCUT2D eigenvalue weighted by Crippen LogP contribution is 2.39. The first-order valence-corrected chi connectivity index (χ1v) is 9.02. The van der Waals surface area contributed by atoms with E-state index in [1.165, 1.54) is 0 Å². The lowest BCUT2D eigenvalue weighted by Gasteiger charge is -2.29. The van der Waals surface area contributed by atoms with Crippen LogP contribution in [0.3, 0.4) is 0 Å². The largest absolute Gasteiger partial charge is 0.507 e. The summed E-state index contributed by atoms with van der Waals surface area (Å²) in [5.74, 6) is 5.89. The van der Waals surface area contributed by atoms with E-state index in [9.17, 15) is 9.90 Å². The molecule has 1 atom stereocenters. The first kappa shape index (κ1) is 23.7. The number of rotatable bonds is 8. The van der Waals surface area contributed by atoms with Gasteiger partial charge >= 0.3 is 0 Å². The van der Waals surface area contributed by atoms with Gasteiger partial charge in [-0.15, -0.1) is 12.4 Å². The summed E-state index contributed by atoms with van der Waals surface area (Å²) in [6.07, 6.45) is 4.19. The molecule has 0 aliphatic heterocycles. The fourth-order valence-corrected chi connectivity index (χ4v) is 3.03. The molecule has 0 fully saturated rings. The fourth-order valence-electron chi connectivity index (χ4n) is 3.03. The maximum Gasteiger partial charge on any atom is 0.268 e. The number of hydrogen-bond acceptors (Lipinski definition) is 3. The summed E-state index contributed by atoms with van der Waals surface area (Å²) in [5, 5.41) is 10.7. The Morgan fingerprint density at radius 3 is 2.36 bits per heavy atom. The van der Waals surface area contributed by atoms with Gasteiger partial charge in [-0.3, -0.25) is 10.2 Å². The van der Waals surface area contributed by atoms with E-state index in [2.05, 4.69) is 53.0 Å². The number of amides is 1. The van der Waals surface area contributed by atoms with Crippen LogP contribution in [0.25, 0.3) is 0 Å². The summed E-state index contributed by atoms with van der Waals surface area (Å²) in [6, 6.07) is 3.82. The summed E-state index contributed by atoms with van der Waals surface area (Å²) in [5.41, 5.74) is 4.11. The highest BCUT2D eigenvalue weighted by Gasteiger charge is 2.28. The fraction of sp³-hybridized carbons (Fsp3) is 0.650. The molecule has 0 bridgehead atoms. The van der Waals surface area contributed by atoms with Crippen molar-refractivity contribution in [2.24, 2.45) is 11.8 Å². The SMILES string of the molecule is CCC(C)c1cc(C(=O)NN)c(O)c(C(C)(C)CCCC(C)C)c1.Cl. The Morgan fingerprint density at radius 1 is 1.28 bits per heavy atom. The van der Waals surface area contributed by atoms with Crippen molar-refractivity contribution in [3.8, 4) is 5.75 Å². The summed E-state index contributed by atoms with van der Waals surface area (Å²) in [4.78, 5) is 12.1. The van der Waals surface area contributed by atoms with Crippen LogP contribution in [0.4, 0.5) is 0 Å². The number of benzene rings is 1. The molecular weight excluding hydrogens is 336 g/mol. The third kappa shape index (κ3) is 6.19. The predicted octanol–water partition coefficient (Wildman–Crippen LogP) is 5.03. The lowest BCUT2D eigenvalue weighted by Crippen LogP contribution is -2.31. The maximum atomic E-state index is 12.1. The van der Waals surface area contributed by atoms with E-state index in [0.717, 1.165) is 36.8 Å². The molecule has 1 aromatic carbocycles. The van der Waals surface area contributed by atoms with E-state index < -0.39 is 5.91 Å². The van der Waals surface area contributed by atoms with Gasteiger partial charge in [0.15, 0.2) is 0 Å². The number of carbonyl (C=O) groups excluding carboxylic acids is 1. The van der Waals surface area contributed by atoms with Crippen molar-refractivity contribution < 1.29 is 9.90 Å². The molecule has 1 rings (SSSR count). The molecule has 0 radical (unpaired) electrons. The predicted molar refractivity (Wildman–Crippen MR) is 107 cm³/mol. The van der Waals surface area contributed by atoms with Gasteiger partial charge in [-0.05, 0) is 41.7 Å². The summed E-state index contributed by atoms with van der Waals surface area (Å²) >= 11 is 0. The van der Waals surface area contributed by atoms with Crippen molar-refractivity contribution >= 4 is 18.3 Å². The van der Waals surface area contributed by atoms with Crippen LogP contribution in [0, 0.1) is 5.92 Å². The van der Waals surface area contributed by atoms with E-state index >= 15 is 0 Å². The van der Waals surface area contributed by atoms with E-state index in [1.807, 2.05) is 0 Å². The summed E-state index contributed by atoms with van der Waals surface area (Å²) < 4.78 is 0. The standard InChI is InChI=1S/C20H34N2O2.ClH/c1-7-14(4)15-11-16(19(24)22-21)18(23)17(12-15)20(5,6)10-8-9-13(2)3;/h11-14,23H,7-10,21H2,1-6H3,(H,22,24);1H. The molecule has 5 heteroatoms. The minimum atomic E-state index is -0.447. The normalized spacial score (nSPS) is 12.6. The quantitative estimate of drug-likeness (QED) is 0.341. The Morgan fingerprint density at radius 2 is 1.88 bits per heavy atom. The van der Waals surface area contributed by atoms with Gasteiger partial charge in [0.1, 0.15) is 5.75 Å². The monoisotopic (exact) mass is 370 g/mol. The van der Waals surface area contributed by atoms with E-state index in [4.69, 9.17) is 5.84 Å². The lowest BCUT2D eigenvalue weighted by atomic mass is 9.76. The first-order valence-electron chi connectivity index (χ1n) is 9.02. The molecule has 25 heavy (non-hydrogen) atoms. The van der Waals surface area contributed by atoms with Crippen LogP contribution in [0.15, 0.2) is 12.1 Å². The number of hydrazine groups is 1. The van der Waals surface area contributed by atoms with Gasteiger partial charge in [0, 0.05) is 5.56 Å². The highest BCUT2D eigenvalue weighted by atomic mass is 35.5. The van der Waals surface area contributed by atoms with Gasteiger partial charge in [0.2, 0.25) is 0 Å². The molecule has 1 amide bonds. The maximum absolute atomic E-state index is 12.1. The van der Waals surface area contributed by atoms with Crippen molar-refractivity contribution in [3.05, 3.63) is 28.8 Å². The van der Waals surface area contributed by atoms with Crippen LogP contribution in [-0.2, 0) is 5.41 Å². The van der Waals surface area contributed by atoms with Gasteiger partial charge in [-0.1, -0.05) is 60.5 Å². The Balaban J connectivity index is 0.00000576. The number of phenols is 1. The van der Waals surface area contributed by atoms with Crippen LogP contribution in [-0.4, -0.2) is 11.0 Å². The molecule has 1 unspecified atom stereocenters. The zero-order valence-electron chi connectivity index (χ0n) is 16.5.